The number of ether oxygens (including phenoxy) is 1. The minimum atomic E-state index is -3.96. The molecule has 0 aliphatic rings. The Balaban J connectivity index is 0. The Morgan fingerprint density at radius 2 is 1.61 bits per heavy atom. The lowest BCUT2D eigenvalue weighted by atomic mass is 10.2. The van der Waals surface area contributed by atoms with Crippen molar-refractivity contribution >= 4 is 0 Å². The smallest absolute Gasteiger partial charge is 0.309 e. The second kappa shape index (κ2) is 8.17. The second-order valence-corrected chi connectivity index (χ2v) is 4.39. The molecule has 0 spiro atoms. The number of alkyl halides is 4. The van der Waals surface area contributed by atoms with Gasteiger partial charge in [-0.15, -0.1) is 0 Å². The number of hydrogen-bond donors (Lipinski definition) is 0. The molecule has 0 amide bonds. The van der Waals surface area contributed by atoms with Crippen molar-refractivity contribution in [2.24, 2.45) is 0 Å². The van der Waals surface area contributed by atoms with Crippen LogP contribution in [0.25, 0.3) is 0 Å². The quantitative estimate of drug-likeness (QED) is 0.351. The molecule has 0 bridgehead atoms. The van der Waals surface area contributed by atoms with Crippen molar-refractivity contribution in [1.82, 2.24) is 0 Å². The Labute approximate surface area is 112 Å². The molecule has 0 aliphatic heterocycles. The predicted molar refractivity (Wildman–Crippen MR) is 58.2 cm³/mol. The highest BCUT2D eigenvalue weighted by atomic mass is 35.5. The van der Waals surface area contributed by atoms with Crippen LogP contribution in [0.4, 0.5) is 17.6 Å². The van der Waals surface area contributed by atoms with E-state index in [1.807, 2.05) is 20.9 Å². The van der Waals surface area contributed by atoms with Crippen LogP contribution in [0.3, 0.4) is 0 Å². The Morgan fingerprint density at radius 1 is 1.17 bits per heavy atom. The SMILES string of the molecule is CC[N+](C)(CC)C(C)OCCC(F)(F)C(F)F.[Cl-]. The second-order valence-electron chi connectivity index (χ2n) is 4.39. The summed E-state index contributed by atoms with van der Waals surface area (Å²) in [5.74, 6) is -3.96. The molecule has 0 aromatic heterocycles. The lowest BCUT2D eigenvalue weighted by Crippen LogP contribution is -3.00. The van der Waals surface area contributed by atoms with E-state index in [0.717, 1.165) is 13.1 Å². The molecule has 0 radical (unpaired) electrons. The molecule has 0 heterocycles. The summed E-state index contributed by atoms with van der Waals surface area (Å²) in [6.45, 7) is 6.94. The topological polar surface area (TPSA) is 9.23 Å². The van der Waals surface area contributed by atoms with Crippen LogP contribution in [0, 0.1) is 0 Å². The zero-order valence-electron chi connectivity index (χ0n) is 11.2. The van der Waals surface area contributed by atoms with Gasteiger partial charge in [0.2, 0.25) is 0 Å². The summed E-state index contributed by atoms with van der Waals surface area (Å²) in [6, 6.07) is 0. The first-order valence-corrected chi connectivity index (χ1v) is 5.81. The Bertz CT molecular complexity index is 225. The van der Waals surface area contributed by atoms with Crippen molar-refractivity contribution in [2.75, 3.05) is 26.7 Å². The Hall–Kier alpha value is -0.0700. The maximum absolute atomic E-state index is 12.6. The average molecular weight is 296 g/mol. The minimum Gasteiger partial charge on any atom is -1.00 e. The molecule has 0 aromatic carbocycles. The van der Waals surface area contributed by atoms with E-state index in [-0.39, 0.29) is 25.2 Å². The van der Waals surface area contributed by atoms with Crippen LogP contribution in [-0.2, 0) is 4.74 Å². The van der Waals surface area contributed by atoms with Crippen molar-refractivity contribution in [2.45, 2.75) is 45.8 Å². The van der Waals surface area contributed by atoms with E-state index in [9.17, 15) is 17.6 Å². The highest BCUT2D eigenvalue weighted by molar-refractivity contribution is 4.68. The summed E-state index contributed by atoms with van der Waals surface area (Å²) in [7, 11) is 1.94. The van der Waals surface area contributed by atoms with Crippen molar-refractivity contribution < 1.29 is 39.2 Å². The average Bonchev–Trinajstić information content (AvgIpc) is 2.27. The maximum atomic E-state index is 12.6. The number of nitrogens with zero attached hydrogens (tertiary/aromatic N) is 1. The highest BCUT2D eigenvalue weighted by Crippen LogP contribution is 2.26. The zero-order chi connectivity index (χ0) is 13.7. The van der Waals surface area contributed by atoms with Gasteiger partial charge < -0.3 is 21.6 Å². The monoisotopic (exact) mass is 295 g/mol. The third-order valence-corrected chi connectivity index (χ3v) is 3.44. The van der Waals surface area contributed by atoms with Crippen LogP contribution in [0.1, 0.15) is 27.2 Å². The first-order chi connectivity index (χ1) is 7.69. The number of rotatable bonds is 8. The molecule has 7 heteroatoms. The van der Waals surface area contributed by atoms with Crippen LogP contribution in [0.15, 0.2) is 0 Å². The number of quaternary nitrogens is 1. The third-order valence-electron chi connectivity index (χ3n) is 3.44. The fraction of sp³-hybridized carbons (Fsp3) is 1.00. The van der Waals surface area contributed by atoms with Crippen molar-refractivity contribution in [3.63, 3.8) is 0 Å². The summed E-state index contributed by atoms with van der Waals surface area (Å²) in [5, 5.41) is 0. The molecule has 0 saturated heterocycles. The molecule has 1 atom stereocenters. The highest BCUT2D eigenvalue weighted by Gasteiger charge is 2.40. The molecule has 112 valence electrons. The van der Waals surface area contributed by atoms with Gasteiger partial charge in [-0.2, -0.15) is 0 Å². The van der Waals surface area contributed by atoms with Gasteiger partial charge in [-0.25, -0.2) is 17.6 Å². The summed E-state index contributed by atoms with van der Waals surface area (Å²) in [5.41, 5.74) is 0. The third kappa shape index (κ3) is 5.71. The normalized spacial score (nSPS) is 14.5. The molecule has 0 aliphatic carbocycles. The minimum absolute atomic E-state index is 0. The fourth-order valence-electron chi connectivity index (χ4n) is 1.39. The van der Waals surface area contributed by atoms with E-state index in [4.69, 9.17) is 4.74 Å². The maximum Gasteiger partial charge on any atom is 0.309 e. The van der Waals surface area contributed by atoms with Crippen LogP contribution in [0.2, 0.25) is 0 Å². The van der Waals surface area contributed by atoms with E-state index >= 15 is 0 Å². The molecule has 0 aromatic rings. The van der Waals surface area contributed by atoms with Crippen molar-refractivity contribution in [1.29, 1.82) is 0 Å². The summed E-state index contributed by atoms with van der Waals surface area (Å²) in [6.07, 6.45) is -4.85. The van der Waals surface area contributed by atoms with Crippen molar-refractivity contribution in [3.05, 3.63) is 0 Å². The number of hydrogen-bond acceptors (Lipinski definition) is 1. The molecule has 0 rings (SSSR count). The van der Waals surface area contributed by atoms with Gasteiger partial charge in [0.05, 0.1) is 26.7 Å². The lowest BCUT2D eigenvalue weighted by Gasteiger charge is -2.37. The van der Waals surface area contributed by atoms with Gasteiger partial charge in [0, 0.05) is 13.3 Å². The van der Waals surface area contributed by atoms with E-state index in [0.29, 0.717) is 4.48 Å². The fourth-order valence-corrected chi connectivity index (χ4v) is 1.39. The first kappa shape index (κ1) is 20.3. The number of halogens is 5. The van der Waals surface area contributed by atoms with Crippen LogP contribution < -0.4 is 12.4 Å². The van der Waals surface area contributed by atoms with Gasteiger partial charge in [-0.3, -0.25) is 0 Å². The van der Waals surface area contributed by atoms with Crippen LogP contribution >= 0.6 is 0 Å². The molecule has 1 unspecified atom stereocenters. The van der Waals surface area contributed by atoms with Gasteiger partial charge in [0.15, 0.2) is 6.23 Å². The van der Waals surface area contributed by atoms with Gasteiger partial charge >= 0.3 is 12.3 Å². The van der Waals surface area contributed by atoms with E-state index in [1.165, 1.54) is 0 Å². The van der Waals surface area contributed by atoms with Gasteiger partial charge in [0.1, 0.15) is 0 Å². The molecule has 0 N–H and O–H groups in total. The largest absolute Gasteiger partial charge is 1.00 e. The molecular formula is C11H22ClF4NO. The van der Waals surface area contributed by atoms with E-state index in [1.54, 1.807) is 6.92 Å². The van der Waals surface area contributed by atoms with Crippen molar-refractivity contribution in [3.8, 4) is 0 Å². The van der Waals surface area contributed by atoms with Crippen LogP contribution in [-0.4, -0.2) is 49.8 Å². The first-order valence-electron chi connectivity index (χ1n) is 5.81. The van der Waals surface area contributed by atoms with Crippen LogP contribution in [0.5, 0.6) is 0 Å². The zero-order valence-corrected chi connectivity index (χ0v) is 12.0. The molecule has 18 heavy (non-hydrogen) atoms. The lowest BCUT2D eigenvalue weighted by molar-refractivity contribution is -0.950. The predicted octanol–water partition coefficient (Wildman–Crippen LogP) is 0.130. The molecule has 2 nitrogen and oxygen atoms in total. The summed E-state index contributed by atoms with van der Waals surface area (Å²) in [4.78, 5) is 0. The molecular weight excluding hydrogens is 274 g/mol. The van der Waals surface area contributed by atoms with E-state index < -0.39 is 18.8 Å². The van der Waals surface area contributed by atoms with Gasteiger partial charge in [-0.1, -0.05) is 0 Å². The Kier molecular flexibility index (Phi) is 9.19. The molecule has 0 saturated carbocycles. The van der Waals surface area contributed by atoms with Gasteiger partial charge in [-0.05, 0) is 13.8 Å². The summed E-state index contributed by atoms with van der Waals surface area (Å²) >= 11 is 0. The Morgan fingerprint density at radius 3 is 1.94 bits per heavy atom. The van der Waals surface area contributed by atoms with Gasteiger partial charge in [0.25, 0.3) is 0 Å². The standard InChI is InChI=1S/C11H22F4NO.ClH/c1-5-16(4,6-2)9(3)17-8-7-11(14,15)10(12)13;/h9-10H,5-8H2,1-4H3;1H/q+1;/p-1. The molecule has 0 fully saturated rings. The van der Waals surface area contributed by atoms with E-state index in [2.05, 4.69) is 0 Å². The summed E-state index contributed by atoms with van der Waals surface area (Å²) < 4.78 is 54.8.